The van der Waals surface area contributed by atoms with Crippen LogP contribution in [0.4, 0.5) is 14.6 Å². The molecule has 10 heteroatoms. The number of nitrogens with one attached hydrogen (secondary N) is 2. The number of carbonyl (C=O) groups is 2. The van der Waals surface area contributed by atoms with E-state index in [1.54, 1.807) is 24.3 Å². The maximum Gasteiger partial charge on any atom is 0.410 e. The van der Waals surface area contributed by atoms with Crippen LogP contribution in [0.25, 0.3) is 0 Å². The van der Waals surface area contributed by atoms with Crippen molar-refractivity contribution in [2.75, 3.05) is 25.5 Å². The van der Waals surface area contributed by atoms with Crippen molar-refractivity contribution in [2.45, 2.75) is 51.7 Å². The van der Waals surface area contributed by atoms with Gasteiger partial charge in [0.1, 0.15) is 10.6 Å². The van der Waals surface area contributed by atoms with Crippen LogP contribution in [-0.4, -0.2) is 58.2 Å². The third-order valence-corrected chi connectivity index (χ3v) is 5.64. The Balaban J connectivity index is 1.74. The zero-order chi connectivity index (χ0) is 22.6. The van der Waals surface area contributed by atoms with Gasteiger partial charge in [-0.05, 0) is 57.3 Å². The van der Waals surface area contributed by atoms with Gasteiger partial charge in [-0.3, -0.25) is 5.32 Å². The van der Waals surface area contributed by atoms with E-state index in [-0.39, 0.29) is 24.1 Å². The molecule has 3 rings (SSSR count). The Labute approximate surface area is 186 Å². The predicted molar refractivity (Wildman–Crippen MR) is 119 cm³/mol. The second-order valence-electron chi connectivity index (χ2n) is 8.49. The third-order valence-electron chi connectivity index (χ3n) is 4.84. The monoisotopic (exact) mass is 447 g/mol. The van der Waals surface area contributed by atoms with Gasteiger partial charge in [0.25, 0.3) is 0 Å². The molecule has 3 heterocycles. The van der Waals surface area contributed by atoms with Gasteiger partial charge in [-0.25, -0.2) is 14.6 Å². The molecular weight excluding hydrogens is 418 g/mol. The van der Waals surface area contributed by atoms with Crippen molar-refractivity contribution in [1.29, 1.82) is 0 Å². The number of rotatable bonds is 4. The average Bonchev–Trinajstić information content (AvgIpc) is 3.11. The first-order chi connectivity index (χ1) is 14.6. The molecule has 9 nitrogen and oxygen atoms in total. The molecular formula is C21H29N5O4S. The smallest absolute Gasteiger partial charge is 0.410 e. The second kappa shape index (κ2) is 9.51. The van der Waals surface area contributed by atoms with Crippen LogP contribution in [-0.2, 0) is 4.74 Å². The van der Waals surface area contributed by atoms with E-state index in [0.717, 1.165) is 11.3 Å². The number of anilines is 1. The molecule has 31 heavy (non-hydrogen) atoms. The van der Waals surface area contributed by atoms with Crippen LogP contribution in [0, 0.1) is 6.92 Å². The summed E-state index contributed by atoms with van der Waals surface area (Å²) < 4.78 is 14.9. The molecule has 2 aromatic heterocycles. The molecule has 3 amide bonds. The molecule has 0 radical (unpaired) electrons. The molecule has 2 N–H and O–H groups in total. The predicted octanol–water partition coefficient (Wildman–Crippen LogP) is 3.77. The van der Waals surface area contributed by atoms with Gasteiger partial charge < -0.3 is 19.7 Å². The first-order valence-corrected chi connectivity index (χ1v) is 10.9. The quantitative estimate of drug-likeness (QED) is 0.739. The number of amides is 3. The highest BCUT2D eigenvalue weighted by Crippen LogP contribution is 2.29. The number of piperidine rings is 1. The Morgan fingerprint density at radius 3 is 2.65 bits per heavy atom. The summed E-state index contributed by atoms with van der Waals surface area (Å²) in [5.74, 6) is 0.361. The number of methoxy groups -OCH3 is 1. The minimum absolute atomic E-state index is 0.145. The standard InChI is InChI=1S/C21H29N5O4S/c1-13-10-18(31-25-13)24-19(27)23-16-8-9-26(20(28)30-21(2,3)4)12-15(16)14-6-7-17(29-5)22-11-14/h6-7,10-11,15-16H,8-9,12H2,1-5H3,(H2,23,24,27)/t15-,16+/m0/s1. The maximum atomic E-state index is 12.6. The highest BCUT2D eigenvalue weighted by molar-refractivity contribution is 7.10. The van der Waals surface area contributed by atoms with Gasteiger partial charge in [0.2, 0.25) is 5.88 Å². The number of urea groups is 1. The van der Waals surface area contributed by atoms with Crippen LogP contribution >= 0.6 is 11.5 Å². The lowest BCUT2D eigenvalue weighted by Gasteiger charge is -2.39. The van der Waals surface area contributed by atoms with Gasteiger partial charge in [-0.2, -0.15) is 4.37 Å². The van der Waals surface area contributed by atoms with E-state index in [4.69, 9.17) is 9.47 Å². The normalized spacial score (nSPS) is 18.9. The third kappa shape index (κ3) is 6.30. The van der Waals surface area contributed by atoms with Crippen molar-refractivity contribution in [1.82, 2.24) is 19.6 Å². The highest BCUT2D eigenvalue weighted by atomic mass is 32.1. The molecule has 1 fully saturated rings. The lowest BCUT2D eigenvalue weighted by Crippen LogP contribution is -2.52. The summed E-state index contributed by atoms with van der Waals surface area (Å²) in [6, 6.07) is 5.03. The zero-order valence-electron chi connectivity index (χ0n) is 18.5. The Morgan fingerprint density at radius 1 is 1.29 bits per heavy atom. The van der Waals surface area contributed by atoms with Crippen molar-refractivity contribution in [2.24, 2.45) is 0 Å². The van der Waals surface area contributed by atoms with Crippen molar-refractivity contribution in [3.05, 3.63) is 35.7 Å². The number of aryl methyl sites for hydroxylation is 1. The maximum absolute atomic E-state index is 12.6. The summed E-state index contributed by atoms with van der Waals surface area (Å²) in [5, 5.41) is 6.57. The van der Waals surface area contributed by atoms with E-state index in [2.05, 4.69) is 20.0 Å². The Bertz CT molecular complexity index is 909. The summed E-state index contributed by atoms with van der Waals surface area (Å²) >= 11 is 1.24. The van der Waals surface area contributed by atoms with Crippen LogP contribution in [0.2, 0.25) is 0 Å². The number of likely N-dealkylation sites (tertiary alicyclic amines) is 1. The van der Waals surface area contributed by atoms with Gasteiger partial charge in [0.05, 0.1) is 12.8 Å². The molecule has 0 aliphatic carbocycles. The molecule has 168 valence electrons. The minimum atomic E-state index is -0.573. The number of aromatic nitrogens is 2. The molecule has 2 aromatic rings. The zero-order valence-corrected chi connectivity index (χ0v) is 19.3. The number of carbonyl (C=O) groups excluding carboxylic acids is 2. The van der Waals surface area contributed by atoms with E-state index in [1.165, 1.54) is 11.5 Å². The fourth-order valence-electron chi connectivity index (χ4n) is 3.43. The summed E-state index contributed by atoms with van der Waals surface area (Å²) in [5.41, 5.74) is 1.19. The Morgan fingerprint density at radius 2 is 2.06 bits per heavy atom. The molecule has 0 spiro atoms. The van der Waals surface area contributed by atoms with Gasteiger partial charge in [-0.15, -0.1) is 0 Å². The van der Waals surface area contributed by atoms with Crippen molar-refractivity contribution < 1.29 is 19.1 Å². The molecule has 2 atom stereocenters. The molecule has 0 aromatic carbocycles. The van der Waals surface area contributed by atoms with Crippen LogP contribution in [0.1, 0.15) is 44.4 Å². The summed E-state index contributed by atoms with van der Waals surface area (Å²) in [6.45, 7) is 8.30. The van der Waals surface area contributed by atoms with E-state index >= 15 is 0 Å². The molecule has 0 saturated carbocycles. The number of nitrogens with zero attached hydrogens (tertiary/aromatic N) is 3. The topological polar surface area (TPSA) is 106 Å². The minimum Gasteiger partial charge on any atom is -0.481 e. The van der Waals surface area contributed by atoms with Crippen molar-refractivity contribution in [3.8, 4) is 5.88 Å². The largest absolute Gasteiger partial charge is 0.481 e. The molecule has 1 saturated heterocycles. The van der Waals surface area contributed by atoms with Crippen LogP contribution < -0.4 is 15.4 Å². The number of hydrogen-bond donors (Lipinski definition) is 2. The molecule has 1 aliphatic rings. The second-order valence-corrected chi connectivity index (χ2v) is 9.30. The SMILES string of the molecule is COc1ccc([C@@H]2CN(C(=O)OC(C)(C)C)CC[C@H]2NC(=O)Nc2cc(C)ns2)cn1. The first-order valence-electron chi connectivity index (χ1n) is 10.1. The summed E-state index contributed by atoms with van der Waals surface area (Å²) in [6.07, 6.45) is 1.95. The van der Waals surface area contributed by atoms with Crippen LogP contribution in [0.15, 0.2) is 24.4 Å². The van der Waals surface area contributed by atoms with Crippen molar-refractivity contribution in [3.63, 3.8) is 0 Å². The van der Waals surface area contributed by atoms with Gasteiger partial charge in [0.15, 0.2) is 0 Å². The molecule has 0 unspecified atom stereocenters. The average molecular weight is 448 g/mol. The number of ether oxygens (including phenoxy) is 2. The fourth-order valence-corrected chi connectivity index (χ4v) is 4.08. The lowest BCUT2D eigenvalue weighted by atomic mass is 9.87. The van der Waals surface area contributed by atoms with E-state index < -0.39 is 5.60 Å². The van der Waals surface area contributed by atoms with Gasteiger partial charge >= 0.3 is 12.1 Å². The number of pyridine rings is 1. The van der Waals surface area contributed by atoms with Gasteiger partial charge in [-0.1, -0.05) is 6.07 Å². The fraction of sp³-hybridized carbons (Fsp3) is 0.524. The molecule has 1 aliphatic heterocycles. The van der Waals surface area contributed by atoms with E-state index in [1.807, 2.05) is 39.8 Å². The molecule has 0 bridgehead atoms. The van der Waals surface area contributed by atoms with Crippen LogP contribution in [0.3, 0.4) is 0 Å². The Hall–Kier alpha value is -2.88. The summed E-state index contributed by atoms with van der Waals surface area (Å²) in [7, 11) is 1.56. The van der Waals surface area contributed by atoms with E-state index in [0.29, 0.717) is 30.4 Å². The first kappa shape index (κ1) is 22.8. The Kier molecular flexibility index (Phi) is 6.99. The van der Waals surface area contributed by atoms with E-state index in [9.17, 15) is 9.59 Å². The summed E-state index contributed by atoms with van der Waals surface area (Å²) in [4.78, 5) is 31.2. The lowest BCUT2D eigenvalue weighted by molar-refractivity contribution is 0.0180. The van der Waals surface area contributed by atoms with Crippen molar-refractivity contribution >= 4 is 28.7 Å². The van der Waals surface area contributed by atoms with Gasteiger partial charge in [0, 0.05) is 37.3 Å². The highest BCUT2D eigenvalue weighted by Gasteiger charge is 2.35. The number of hydrogen-bond acceptors (Lipinski definition) is 7. The van der Waals surface area contributed by atoms with Crippen LogP contribution in [0.5, 0.6) is 5.88 Å².